The van der Waals surface area contributed by atoms with E-state index in [1.807, 2.05) is 36.7 Å². The second-order valence-electron chi connectivity index (χ2n) is 8.23. The maximum atomic E-state index is 14.3. The molecule has 2 aromatic heterocycles. The summed E-state index contributed by atoms with van der Waals surface area (Å²) in [6.45, 7) is 4.25. The van der Waals surface area contributed by atoms with Crippen LogP contribution in [0.25, 0.3) is 16.7 Å². The molecule has 0 spiro atoms. The Kier molecular flexibility index (Phi) is 5.86. The number of aliphatic hydroxyl groups is 1. The molecule has 2 atom stereocenters. The van der Waals surface area contributed by atoms with E-state index in [0.717, 1.165) is 59.6 Å². The van der Waals surface area contributed by atoms with Crippen LogP contribution in [0.5, 0.6) is 0 Å². The van der Waals surface area contributed by atoms with Gasteiger partial charge in [0.25, 0.3) is 0 Å². The number of halogens is 2. The fourth-order valence-electron chi connectivity index (χ4n) is 4.25. The van der Waals surface area contributed by atoms with Crippen LogP contribution in [0.15, 0.2) is 48.3 Å². The van der Waals surface area contributed by atoms with Gasteiger partial charge in [-0.1, -0.05) is 30.5 Å². The van der Waals surface area contributed by atoms with E-state index in [1.165, 1.54) is 6.07 Å². The summed E-state index contributed by atoms with van der Waals surface area (Å²) in [5.74, 6) is -1.67. The molecular formula is C24H27F2N3O. The van der Waals surface area contributed by atoms with Crippen molar-refractivity contribution in [1.29, 1.82) is 0 Å². The number of benzene rings is 1. The Labute approximate surface area is 175 Å². The molecule has 0 radical (unpaired) electrons. The third-order valence-corrected chi connectivity index (χ3v) is 5.84. The summed E-state index contributed by atoms with van der Waals surface area (Å²) in [5.41, 5.74) is 4.85. The Hall–Kier alpha value is -2.73. The molecular weight excluding hydrogens is 384 g/mol. The number of aliphatic hydroxyl groups excluding tert-OH is 1. The van der Waals surface area contributed by atoms with Gasteiger partial charge in [-0.25, -0.2) is 8.78 Å². The van der Waals surface area contributed by atoms with E-state index in [-0.39, 0.29) is 24.3 Å². The number of rotatable bonds is 5. The lowest BCUT2D eigenvalue weighted by molar-refractivity contribution is 0.0986. The van der Waals surface area contributed by atoms with Crippen molar-refractivity contribution < 1.29 is 13.9 Å². The zero-order chi connectivity index (χ0) is 21.3. The second kappa shape index (κ2) is 8.56. The fraction of sp³-hybridized carbons (Fsp3) is 0.375. The Morgan fingerprint density at radius 1 is 1.17 bits per heavy atom. The van der Waals surface area contributed by atoms with Crippen molar-refractivity contribution in [3.05, 3.63) is 71.1 Å². The Morgan fingerprint density at radius 3 is 2.73 bits per heavy atom. The van der Waals surface area contributed by atoms with Gasteiger partial charge < -0.3 is 15.0 Å². The highest BCUT2D eigenvalue weighted by Crippen LogP contribution is 2.30. The topological polar surface area (TPSA) is 50.1 Å². The molecule has 1 saturated carbocycles. The van der Waals surface area contributed by atoms with E-state index < -0.39 is 11.6 Å². The number of fused-ring (bicyclic) bond motifs is 1. The summed E-state index contributed by atoms with van der Waals surface area (Å²) in [4.78, 5) is 4.57. The van der Waals surface area contributed by atoms with Crippen LogP contribution in [-0.2, 0) is 6.54 Å². The monoisotopic (exact) mass is 411 g/mol. The predicted molar refractivity (Wildman–Crippen MR) is 115 cm³/mol. The molecule has 1 aliphatic rings. The molecule has 1 aliphatic carbocycles. The maximum Gasteiger partial charge on any atom is 0.163 e. The van der Waals surface area contributed by atoms with Gasteiger partial charge in [0, 0.05) is 29.2 Å². The molecule has 0 saturated heterocycles. The first kappa shape index (κ1) is 20.5. The van der Waals surface area contributed by atoms with Gasteiger partial charge in [0.2, 0.25) is 0 Å². The normalized spacial score (nSPS) is 19.1. The number of nitrogens with one attached hydrogen (secondary N) is 1. The van der Waals surface area contributed by atoms with Crippen LogP contribution in [-0.4, -0.2) is 26.8 Å². The van der Waals surface area contributed by atoms with Crippen molar-refractivity contribution in [1.82, 2.24) is 14.9 Å². The van der Waals surface area contributed by atoms with Crippen molar-refractivity contribution >= 4 is 16.7 Å². The second-order valence-corrected chi connectivity index (χ2v) is 8.23. The molecule has 4 rings (SSSR count). The third kappa shape index (κ3) is 3.97. The van der Waals surface area contributed by atoms with Gasteiger partial charge >= 0.3 is 0 Å². The SMILES string of the molecule is CC(C)=C(N[C@H]1CCCC[C@@H]1O)c1cn(Cc2cccc(F)c2F)c2cccnc12. The van der Waals surface area contributed by atoms with Crippen molar-refractivity contribution in [3.8, 4) is 0 Å². The molecule has 2 N–H and O–H groups in total. The highest BCUT2D eigenvalue weighted by molar-refractivity contribution is 5.90. The molecule has 30 heavy (non-hydrogen) atoms. The number of hydrogen-bond acceptors (Lipinski definition) is 3. The highest BCUT2D eigenvalue weighted by Gasteiger charge is 2.25. The quantitative estimate of drug-likeness (QED) is 0.621. The first-order valence-electron chi connectivity index (χ1n) is 10.4. The van der Waals surface area contributed by atoms with Gasteiger partial charge in [0.15, 0.2) is 11.6 Å². The molecule has 4 nitrogen and oxygen atoms in total. The summed E-state index contributed by atoms with van der Waals surface area (Å²) < 4.78 is 29.9. The molecule has 1 aromatic carbocycles. The van der Waals surface area contributed by atoms with Gasteiger partial charge in [-0.05, 0) is 44.9 Å². The smallest absolute Gasteiger partial charge is 0.163 e. The first-order chi connectivity index (χ1) is 14.5. The summed E-state index contributed by atoms with van der Waals surface area (Å²) in [5, 5.41) is 14.0. The molecule has 3 aromatic rings. The Morgan fingerprint density at radius 2 is 1.97 bits per heavy atom. The molecule has 0 bridgehead atoms. The average Bonchev–Trinajstić information content (AvgIpc) is 3.09. The van der Waals surface area contributed by atoms with Gasteiger partial charge in [-0.15, -0.1) is 0 Å². The molecule has 6 heteroatoms. The largest absolute Gasteiger partial charge is 0.391 e. The van der Waals surface area contributed by atoms with Gasteiger partial charge in [-0.3, -0.25) is 4.98 Å². The van der Waals surface area contributed by atoms with E-state index in [2.05, 4.69) is 10.3 Å². The maximum absolute atomic E-state index is 14.3. The third-order valence-electron chi connectivity index (χ3n) is 5.84. The number of allylic oxidation sites excluding steroid dienone is 1. The molecule has 0 unspecified atom stereocenters. The van der Waals surface area contributed by atoms with Crippen LogP contribution in [0.1, 0.15) is 50.7 Å². The van der Waals surface area contributed by atoms with E-state index in [9.17, 15) is 13.9 Å². The van der Waals surface area contributed by atoms with Crippen LogP contribution in [0, 0.1) is 11.6 Å². The zero-order valence-corrected chi connectivity index (χ0v) is 17.3. The van der Waals surface area contributed by atoms with Crippen molar-refractivity contribution in [2.45, 2.75) is 58.2 Å². The lowest BCUT2D eigenvalue weighted by Crippen LogP contribution is -2.41. The molecule has 2 heterocycles. The predicted octanol–water partition coefficient (Wildman–Crippen LogP) is 5.01. The highest BCUT2D eigenvalue weighted by atomic mass is 19.2. The van der Waals surface area contributed by atoms with Crippen LogP contribution in [0.3, 0.4) is 0 Å². The van der Waals surface area contributed by atoms with Crippen molar-refractivity contribution in [3.63, 3.8) is 0 Å². The van der Waals surface area contributed by atoms with Gasteiger partial charge in [0.05, 0.1) is 29.7 Å². The summed E-state index contributed by atoms with van der Waals surface area (Å²) >= 11 is 0. The Balaban J connectivity index is 1.75. The molecule has 0 amide bonds. The standard InChI is InChI=1S/C24H27F2N3O/c1-15(2)23(28-19-9-3-4-11-21(19)30)17-14-29(20-10-6-12-27-24(17)20)13-16-7-5-8-18(25)22(16)26/h5-8,10,12,14,19,21,28,30H,3-4,9,11,13H2,1-2H3/t19-,21-/m0/s1. The van der Waals surface area contributed by atoms with Crippen LogP contribution < -0.4 is 5.32 Å². The summed E-state index contributed by atoms with van der Waals surface area (Å²) in [6, 6.07) is 8.00. The molecule has 1 fully saturated rings. The zero-order valence-electron chi connectivity index (χ0n) is 17.3. The van der Waals surface area contributed by atoms with Crippen LogP contribution in [0.2, 0.25) is 0 Å². The number of aromatic nitrogens is 2. The lowest BCUT2D eigenvalue weighted by Gasteiger charge is -2.30. The minimum absolute atomic E-state index is 0.00794. The number of nitrogens with zero attached hydrogens (tertiary/aromatic N) is 2. The van der Waals surface area contributed by atoms with Crippen molar-refractivity contribution in [2.24, 2.45) is 0 Å². The number of pyridine rings is 1. The minimum atomic E-state index is -0.847. The number of hydrogen-bond donors (Lipinski definition) is 2. The van der Waals surface area contributed by atoms with E-state index >= 15 is 0 Å². The minimum Gasteiger partial charge on any atom is -0.391 e. The van der Waals surface area contributed by atoms with Crippen LogP contribution >= 0.6 is 0 Å². The van der Waals surface area contributed by atoms with Gasteiger partial charge in [0.1, 0.15) is 0 Å². The fourth-order valence-corrected chi connectivity index (χ4v) is 4.25. The van der Waals surface area contributed by atoms with E-state index in [0.29, 0.717) is 0 Å². The van der Waals surface area contributed by atoms with Gasteiger partial charge in [-0.2, -0.15) is 0 Å². The molecule has 158 valence electrons. The summed E-state index contributed by atoms with van der Waals surface area (Å²) in [7, 11) is 0. The Bertz CT molecular complexity index is 1090. The van der Waals surface area contributed by atoms with Crippen molar-refractivity contribution in [2.75, 3.05) is 0 Å². The first-order valence-corrected chi connectivity index (χ1v) is 10.4. The van der Waals surface area contributed by atoms with E-state index in [1.54, 1.807) is 12.3 Å². The average molecular weight is 411 g/mol. The lowest BCUT2D eigenvalue weighted by atomic mass is 9.92. The van der Waals surface area contributed by atoms with Crippen LogP contribution in [0.4, 0.5) is 8.78 Å². The van der Waals surface area contributed by atoms with E-state index in [4.69, 9.17) is 0 Å². The summed E-state index contributed by atoms with van der Waals surface area (Å²) in [6.07, 6.45) is 7.14. The molecule has 0 aliphatic heterocycles.